The first-order chi connectivity index (χ1) is 7.53. The molecule has 0 amide bonds. The average molecular weight is 323 g/mol. The molecule has 0 heterocycles. The van der Waals surface area contributed by atoms with E-state index in [0.717, 1.165) is 0 Å². The van der Waals surface area contributed by atoms with E-state index in [1.807, 2.05) is 6.07 Å². The summed E-state index contributed by atoms with van der Waals surface area (Å²) in [5.41, 5.74) is 0.150. The van der Waals surface area contributed by atoms with Crippen molar-refractivity contribution >= 4 is 37.4 Å². The van der Waals surface area contributed by atoms with Crippen molar-refractivity contribution in [3.63, 3.8) is 0 Å². The Bertz CT molecular complexity index is 522. The minimum absolute atomic E-state index is 0.0400. The number of halogens is 2. The number of hydrogen-bond acceptors (Lipinski definition) is 3. The molecule has 86 valence electrons. The van der Waals surface area contributed by atoms with Crippen molar-refractivity contribution in [2.24, 2.45) is 0 Å². The number of rotatable bonds is 4. The molecule has 0 spiro atoms. The summed E-state index contributed by atoms with van der Waals surface area (Å²) in [6.45, 7) is 0. The number of nitrogens with zero attached hydrogens (tertiary/aromatic N) is 1. The molecule has 0 aliphatic heterocycles. The second-order valence-corrected chi connectivity index (χ2v) is 6.40. The van der Waals surface area contributed by atoms with E-state index in [2.05, 4.69) is 15.9 Å². The molecule has 0 bridgehead atoms. The molecule has 0 aromatic heterocycles. The molecule has 3 nitrogen and oxygen atoms in total. The van der Waals surface area contributed by atoms with Gasteiger partial charge in [0.15, 0.2) is 9.84 Å². The SMILES string of the molecule is N#Cc1c(Br)cccc1S(=O)(=O)CCCCl. The lowest BCUT2D eigenvalue weighted by Gasteiger charge is -2.06. The summed E-state index contributed by atoms with van der Waals surface area (Å²) >= 11 is 8.62. The van der Waals surface area contributed by atoms with Gasteiger partial charge in [-0.25, -0.2) is 8.42 Å². The topological polar surface area (TPSA) is 57.9 Å². The Labute approximate surface area is 108 Å². The van der Waals surface area contributed by atoms with Crippen LogP contribution < -0.4 is 0 Å². The summed E-state index contributed by atoms with van der Waals surface area (Å²) in [5, 5.41) is 8.92. The van der Waals surface area contributed by atoms with Gasteiger partial charge < -0.3 is 0 Å². The minimum atomic E-state index is -3.42. The summed E-state index contributed by atoms with van der Waals surface area (Å²) in [5.74, 6) is 0.247. The van der Waals surface area contributed by atoms with Gasteiger partial charge in [0.25, 0.3) is 0 Å². The maximum absolute atomic E-state index is 11.9. The van der Waals surface area contributed by atoms with Crippen molar-refractivity contribution in [2.45, 2.75) is 11.3 Å². The Morgan fingerprint density at radius 3 is 2.69 bits per heavy atom. The van der Waals surface area contributed by atoms with E-state index in [9.17, 15) is 8.42 Å². The molecular formula is C10H9BrClNO2S. The molecule has 0 saturated heterocycles. The predicted molar refractivity (Wildman–Crippen MR) is 66.2 cm³/mol. The minimum Gasteiger partial charge on any atom is -0.224 e. The second-order valence-electron chi connectivity index (χ2n) is 3.09. The Hall–Kier alpha value is -0.570. The zero-order chi connectivity index (χ0) is 12.2. The van der Waals surface area contributed by atoms with Crippen molar-refractivity contribution in [3.8, 4) is 6.07 Å². The smallest absolute Gasteiger partial charge is 0.179 e. The zero-order valence-electron chi connectivity index (χ0n) is 8.28. The van der Waals surface area contributed by atoms with E-state index in [4.69, 9.17) is 16.9 Å². The fraction of sp³-hybridized carbons (Fsp3) is 0.300. The van der Waals surface area contributed by atoms with Crippen LogP contribution in [0.25, 0.3) is 0 Å². The monoisotopic (exact) mass is 321 g/mol. The molecule has 1 aromatic rings. The number of alkyl halides is 1. The highest BCUT2D eigenvalue weighted by Crippen LogP contribution is 2.24. The summed E-state index contributed by atoms with van der Waals surface area (Å²) < 4.78 is 24.3. The third-order valence-corrected chi connectivity index (χ3v) is 4.73. The largest absolute Gasteiger partial charge is 0.224 e. The van der Waals surface area contributed by atoms with E-state index < -0.39 is 9.84 Å². The lowest BCUT2D eigenvalue weighted by molar-refractivity contribution is 0.594. The molecule has 0 fully saturated rings. The van der Waals surface area contributed by atoms with Crippen LogP contribution in [0.4, 0.5) is 0 Å². The van der Waals surface area contributed by atoms with Crippen molar-refractivity contribution in [1.29, 1.82) is 5.26 Å². The van der Waals surface area contributed by atoms with Crippen LogP contribution in [-0.2, 0) is 9.84 Å². The molecule has 16 heavy (non-hydrogen) atoms. The summed E-state index contributed by atoms with van der Waals surface area (Å²) in [4.78, 5) is 0.0643. The first-order valence-corrected chi connectivity index (χ1v) is 7.48. The van der Waals surface area contributed by atoms with E-state index in [1.165, 1.54) is 6.07 Å². The van der Waals surface area contributed by atoms with Crippen molar-refractivity contribution < 1.29 is 8.42 Å². The molecule has 0 aliphatic rings. The molecular weight excluding hydrogens is 314 g/mol. The lowest BCUT2D eigenvalue weighted by atomic mass is 10.2. The Morgan fingerprint density at radius 1 is 1.44 bits per heavy atom. The Morgan fingerprint density at radius 2 is 2.12 bits per heavy atom. The third kappa shape index (κ3) is 2.97. The van der Waals surface area contributed by atoms with Gasteiger partial charge in [0.2, 0.25) is 0 Å². The van der Waals surface area contributed by atoms with Gasteiger partial charge in [0.1, 0.15) is 6.07 Å². The Balaban J connectivity index is 3.24. The third-order valence-electron chi connectivity index (χ3n) is 1.97. The quantitative estimate of drug-likeness (QED) is 0.801. The molecule has 1 aromatic carbocycles. The van der Waals surface area contributed by atoms with Gasteiger partial charge in [0.05, 0.1) is 16.2 Å². The molecule has 0 aliphatic carbocycles. The molecule has 6 heteroatoms. The van der Waals surface area contributed by atoms with Gasteiger partial charge in [-0.05, 0) is 34.5 Å². The van der Waals surface area contributed by atoms with E-state index in [-0.39, 0.29) is 22.1 Å². The number of nitriles is 1. The number of benzene rings is 1. The summed E-state index contributed by atoms with van der Waals surface area (Å²) in [6.07, 6.45) is 0.376. The first kappa shape index (κ1) is 13.5. The molecule has 0 atom stereocenters. The average Bonchev–Trinajstić information content (AvgIpc) is 2.26. The fourth-order valence-electron chi connectivity index (χ4n) is 1.23. The highest BCUT2D eigenvalue weighted by molar-refractivity contribution is 9.10. The normalized spacial score (nSPS) is 11.1. The fourth-order valence-corrected chi connectivity index (χ4v) is 3.60. The molecule has 0 radical (unpaired) electrons. The van der Waals surface area contributed by atoms with Crippen molar-refractivity contribution in [1.82, 2.24) is 0 Å². The molecule has 0 saturated carbocycles. The van der Waals surface area contributed by atoms with E-state index in [0.29, 0.717) is 10.9 Å². The van der Waals surface area contributed by atoms with Crippen LogP contribution in [-0.4, -0.2) is 20.1 Å². The van der Waals surface area contributed by atoms with Crippen LogP contribution in [0.3, 0.4) is 0 Å². The summed E-state index contributed by atoms with van der Waals surface area (Å²) in [6, 6.07) is 6.56. The zero-order valence-corrected chi connectivity index (χ0v) is 11.4. The van der Waals surface area contributed by atoms with Gasteiger partial charge >= 0.3 is 0 Å². The second kappa shape index (κ2) is 5.67. The maximum Gasteiger partial charge on any atom is 0.179 e. The van der Waals surface area contributed by atoms with Crippen molar-refractivity contribution in [3.05, 3.63) is 28.2 Å². The number of hydrogen-bond donors (Lipinski definition) is 0. The predicted octanol–water partition coefficient (Wildman–Crippen LogP) is 2.72. The van der Waals surface area contributed by atoms with Gasteiger partial charge in [-0.2, -0.15) is 5.26 Å². The van der Waals surface area contributed by atoms with Crippen LogP contribution >= 0.6 is 27.5 Å². The highest BCUT2D eigenvalue weighted by atomic mass is 79.9. The van der Waals surface area contributed by atoms with Gasteiger partial charge in [0, 0.05) is 10.4 Å². The standard InChI is InChI=1S/C10H9BrClNO2S/c11-9-3-1-4-10(8(9)7-13)16(14,15)6-2-5-12/h1,3-4H,2,5-6H2. The maximum atomic E-state index is 11.9. The van der Waals surface area contributed by atoms with Gasteiger partial charge in [-0.15, -0.1) is 11.6 Å². The lowest BCUT2D eigenvalue weighted by Crippen LogP contribution is -2.09. The molecule has 0 unspecified atom stereocenters. The van der Waals surface area contributed by atoms with Crippen LogP contribution in [0.5, 0.6) is 0 Å². The molecule has 0 N–H and O–H groups in total. The van der Waals surface area contributed by atoms with Crippen LogP contribution in [0.2, 0.25) is 0 Å². The van der Waals surface area contributed by atoms with Crippen molar-refractivity contribution in [2.75, 3.05) is 11.6 Å². The van der Waals surface area contributed by atoms with E-state index in [1.54, 1.807) is 12.1 Å². The van der Waals surface area contributed by atoms with Gasteiger partial charge in [-0.1, -0.05) is 6.07 Å². The van der Waals surface area contributed by atoms with Crippen LogP contribution in [0.15, 0.2) is 27.6 Å². The van der Waals surface area contributed by atoms with Crippen LogP contribution in [0.1, 0.15) is 12.0 Å². The van der Waals surface area contributed by atoms with E-state index >= 15 is 0 Å². The van der Waals surface area contributed by atoms with Gasteiger partial charge in [-0.3, -0.25) is 0 Å². The number of sulfone groups is 1. The summed E-state index contributed by atoms with van der Waals surface area (Å²) in [7, 11) is -3.42. The molecule has 1 rings (SSSR count). The highest BCUT2D eigenvalue weighted by Gasteiger charge is 2.19. The first-order valence-electron chi connectivity index (χ1n) is 4.50. The Kier molecular flexibility index (Phi) is 4.78. The van der Waals surface area contributed by atoms with Crippen LogP contribution in [0, 0.1) is 11.3 Å².